The first-order valence-electron chi connectivity index (χ1n) is 4.65. The van der Waals surface area contributed by atoms with Crippen LogP contribution in [0.4, 0.5) is 24.5 Å². The second-order valence-electron chi connectivity index (χ2n) is 3.33. The lowest BCUT2D eigenvalue weighted by Gasteiger charge is -2.10. The second-order valence-corrected chi connectivity index (χ2v) is 4.15. The predicted molar refractivity (Wildman–Crippen MR) is 62.3 cm³/mol. The third-order valence-electron chi connectivity index (χ3n) is 1.96. The van der Waals surface area contributed by atoms with E-state index in [0.29, 0.717) is 0 Å². The molecule has 0 aliphatic rings. The van der Waals surface area contributed by atoms with Gasteiger partial charge in [0.1, 0.15) is 5.69 Å². The maximum atomic E-state index is 11.9. The molecule has 0 amide bonds. The van der Waals surface area contributed by atoms with Gasteiger partial charge in [0.2, 0.25) is 0 Å². The van der Waals surface area contributed by atoms with Crippen LogP contribution in [0.5, 0.6) is 0 Å². The van der Waals surface area contributed by atoms with E-state index in [4.69, 9.17) is 23.2 Å². The van der Waals surface area contributed by atoms with Gasteiger partial charge in [0.15, 0.2) is 0 Å². The Morgan fingerprint density at radius 2 is 1.83 bits per heavy atom. The number of benzene rings is 1. The van der Waals surface area contributed by atoms with Crippen LogP contribution < -0.4 is 5.32 Å². The van der Waals surface area contributed by atoms with Crippen molar-refractivity contribution in [1.82, 2.24) is 0 Å². The molecule has 9 heteroatoms. The van der Waals surface area contributed by atoms with E-state index < -0.39 is 29.8 Å². The number of rotatable bonds is 4. The Kier molecular flexibility index (Phi) is 4.64. The van der Waals surface area contributed by atoms with Gasteiger partial charge < -0.3 is 5.32 Å². The molecule has 1 N–H and O–H groups in total. The highest BCUT2D eigenvalue weighted by Crippen LogP contribution is 2.34. The van der Waals surface area contributed by atoms with Crippen LogP contribution in [0.25, 0.3) is 0 Å². The van der Waals surface area contributed by atoms with E-state index in [1.54, 1.807) is 0 Å². The van der Waals surface area contributed by atoms with Crippen molar-refractivity contribution < 1.29 is 18.1 Å². The zero-order valence-corrected chi connectivity index (χ0v) is 10.2. The summed E-state index contributed by atoms with van der Waals surface area (Å²) in [4.78, 5) is 9.94. The molecule has 1 aromatic rings. The fourth-order valence-corrected chi connectivity index (χ4v) is 1.49. The van der Waals surface area contributed by atoms with Crippen LogP contribution in [0.15, 0.2) is 12.1 Å². The minimum atomic E-state index is -4.34. The minimum Gasteiger partial charge on any atom is -0.379 e. The minimum absolute atomic E-state index is 0.0248. The normalized spacial score (nSPS) is 11.4. The number of hydrogen-bond donors (Lipinski definition) is 1. The molecule has 0 atom stereocenters. The molecule has 0 saturated carbocycles. The van der Waals surface area contributed by atoms with Gasteiger partial charge in [0, 0.05) is 12.6 Å². The van der Waals surface area contributed by atoms with Crippen molar-refractivity contribution in [1.29, 1.82) is 0 Å². The molecular formula is C9H7Cl2F3N2O2. The Labute approximate surface area is 110 Å². The average molecular weight is 303 g/mol. The quantitative estimate of drug-likeness (QED) is 0.667. The maximum Gasteiger partial charge on any atom is 0.390 e. The van der Waals surface area contributed by atoms with E-state index in [1.165, 1.54) is 0 Å². The summed E-state index contributed by atoms with van der Waals surface area (Å²) >= 11 is 11.2. The van der Waals surface area contributed by atoms with Gasteiger partial charge in [0.25, 0.3) is 5.69 Å². The Morgan fingerprint density at radius 3 is 2.33 bits per heavy atom. The Morgan fingerprint density at radius 1 is 1.28 bits per heavy atom. The molecule has 1 rings (SSSR count). The smallest absolute Gasteiger partial charge is 0.379 e. The molecule has 0 spiro atoms. The van der Waals surface area contributed by atoms with Gasteiger partial charge in [-0.15, -0.1) is 0 Å². The number of nitrogens with one attached hydrogen (secondary N) is 1. The van der Waals surface area contributed by atoms with E-state index in [1.807, 2.05) is 0 Å². The topological polar surface area (TPSA) is 55.2 Å². The van der Waals surface area contributed by atoms with E-state index in [-0.39, 0.29) is 15.7 Å². The van der Waals surface area contributed by atoms with Gasteiger partial charge in [-0.1, -0.05) is 23.2 Å². The average Bonchev–Trinajstić information content (AvgIpc) is 2.20. The van der Waals surface area contributed by atoms with Crippen LogP contribution in [0.2, 0.25) is 10.0 Å². The van der Waals surface area contributed by atoms with Crippen molar-refractivity contribution in [2.75, 3.05) is 11.9 Å². The lowest BCUT2D eigenvalue weighted by atomic mass is 10.2. The first-order valence-corrected chi connectivity index (χ1v) is 5.40. The highest BCUT2D eigenvalue weighted by Gasteiger charge is 2.27. The molecule has 0 fully saturated rings. The van der Waals surface area contributed by atoms with Crippen molar-refractivity contribution >= 4 is 34.6 Å². The van der Waals surface area contributed by atoms with E-state index in [0.717, 1.165) is 12.1 Å². The molecule has 1 aromatic carbocycles. The first-order chi connectivity index (χ1) is 8.20. The predicted octanol–water partition coefficient (Wildman–Crippen LogP) is 4.27. The van der Waals surface area contributed by atoms with Crippen LogP contribution >= 0.6 is 23.2 Å². The largest absolute Gasteiger partial charge is 0.390 e. The van der Waals surface area contributed by atoms with Crippen LogP contribution in [-0.4, -0.2) is 17.6 Å². The maximum absolute atomic E-state index is 11.9. The molecule has 0 aliphatic carbocycles. The first kappa shape index (κ1) is 14.8. The van der Waals surface area contributed by atoms with Gasteiger partial charge in [-0.05, 0) is 6.07 Å². The summed E-state index contributed by atoms with van der Waals surface area (Å²) in [6.45, 7) is -0.484. The number of anilines is 1. The number of alkyl halides is 3. The molecule has 0 radical (unpaired) electrons. The summed E-state index contributed by atoms with van der Waals surface area (Å²) in [6, 6.07) is 2.11. The van der Waals surface area contributed by atoms with Crippen molar-refractivity contribution in [3.63, 3.8) is 0 Å². The number of nitro benzene ring substituents is 1. The standard InChI is InChI=1S/C9H7Cl2F3N2O2/c10-5-3-7(15-2-1-9(12,13)14)8(16(17)18)4-6(5)11/h3-4,15H,1-2H2. The summed E-state index contributed by atoms with van der Waals surface area (Å²) in [5.41, 5.74) is -0.523. The second kappa shape index (κ2) is 5.62. The van der Waals surface area contributed by atoms with Gasteiger partial charge >= 0.3 is 6.18 Å². The van der Waals surface area contributed by atoms with Gasteiger partial charge in [-0.3, -0.25) is 10.1 Å². The summed E-state index contributed by atoms with van der Waals surface area (Å²) in [5, 5.41) is 13.0. The van der Waals surface area contributed by atoms with Crippen LogP contribution in [0.3, 0.4) is 0 Å². The Balaban J connectivity index is 2.87. The summed E-state index contributed by atoms with van der Waals surface area (Å²) in [6.07, 6.45) is -5.44. The van der Waals surface area contributed by atoms with E-state index in [9.17, 15) is 23.3 Å². The van der Waals surface area contributed by atoms with Crippen LogP contribution in [0.1, 0.15) is 6.42 Å². The summed E-state index contributed by atoms with van der Waals surface area (Å²) < 4.78 is 35.8. The molecule has 0 saturated heterocycles. The Bertz CT molecular complexity index is 466. The third-order valence-corrected chi connectivity index (χ3v) is 2.68. The number of nitro groups is 1. The molecule has 0 aliphatic heterocycles. The fraction of sp³-hybridized carbons (Fsp3) is 0.333. The molecule has 0 bridgehead atoms. The van der Waals surface area contributed by atoms with E-state index in [2.05, 4.69) is 5.32 Å². The van der Waals surface area contributed by atoms with Crippen LogP contribution in [-0.2, 0) is 0 Å². The highest BCUT2D eigenvalue weighted by atomic mass is 35.5. The zero-order valence-electron chi connectivity index (χ0n) is 8.72. The van der Waals surface area contributed by atoms with E-state index >= 15 is 0 Å². The molecule has 4 nitrogen and oxygen atoms in total. The number of halogens is 5. The SMILES string of the molecule is O=[N+]([O-])c1cc(Cl)c(Cl)cc1NCCC(F)(F)F. The highest BCUT2D eigenvalue weighted by molar-refractivity contribution is 6.42. The number of hydrogen-bond acceptors (Lipinski definition) is 3. The van der Waals surface area contributed by atoms with Crippen molar-refractivity contribution in [3.05, 3.63) is 32.3 Å². The number of nitrogens with zero attached hydrogens (tertiary/aromatic N) is 1. The molecule has 0 unspecified atom stereocenters. The molecule has 18 heavy (non-hydrogen) atoms. The van der Waals surface area contributed by atoms with Gasteiger partial charge in [-0.25, -0.2) is 0 Å². The van der Waals surface area contributed by atoms with Crippen LogP contribution in [0, 0.1) is 10.1 Å². The molecular weight excluding hydrogens is 296 g/mol. The summed E-state index contributed by atoms with van der Waals surface area (Å²) in [5.74, 6) is 0. The fourth-order valence-electron chi connectivity index (χ4n) is 1.17. The molecule has 0 heterocycles. The monoisotopic (exact) mass is 302 g/mol. The van der Waals surface area contributed by atoms with Crippen molar-refractivity contribution in [3.8, 4) is 0 Å². The lowest BCUT2D eigenvalue weighted by molar-refractivity contribution is -0.383. The third kappa shape index (κ3) is 4.23. The zero-order chi connectivity index (χ0) is 13.9. The van der Waals surface area contributed by atoms with Gasteiger partial charge in [0.05, 0.1) is 21.4 Å². The molecule has 100 valence electrons. The summed E-state index contributed by atoms with van der Waals surface area (Å²) in [7, 11) is 0. The lowest BCUT2D eigenvalue weighted by Crippen LogP contribution is -2.15. The van der Waals surface area contributed by atoms with Crippen molar-refractivity contribution in [2.45, 2.75) is 12.6 Å². The van der Waals surface area contributed by atoms with Gasteiger partial charge in [-0.2, -0.15) is 13.2 Å². The van der Waals surface area contributed by atoms with Crippen molar-refractivity contribution in [2.24, 2.45) is 0 Å². The molecule has 0 aromatic heterocycles. The Hall–Kier alpha value is -1.21.